The molecule has 0 unspecified atom stereocenters. The van der Waals surface area contributed by atoms with Crippen molar-refractivity contribution >= 4 is 0 Å². The van der Waals surface area contributed by atoms with Crippen LogP contribution >= 0.6 is 0 Å². The van der Waals surface area contributed by atoms with Crippen molar-refractivity contribution in [1.82, 2.24) is 4.98 Å². The predicted octanol–water partition coefficient (Wildman–Crippen LogP) is 3.95. The van der Waals surface area contributed by atoms with Crippen molar-refractivity contribution in [2.75, 3.05) is 6.61 Å². The van der Waals surface area contributed by atoms with Crippen LogP contribution in [0.5, 0.6) is 5.75 Å². The first-order valence-corrected chi connectivity index (χ1v) is 7.65. The normalized spacial score (nSPS) is 10.7. The Balaban J connectivity index is 2.15. The number of benzene rings is 1. The first-order valence-electron chi connectivity index (χ1n) is 7.65. The zero-order chi connectivity index (χ0) is 14.2. The van der Waals surface area contributed by atoms with Gasteiger partial charge in [0.25, 0.3) is 5.82 Å². The van der Waals surface area contributed by atoms with Crippen molar-refractivity contribution in [2.45, 2.75) is 46.1 Å². The summed E-state index contributed by atoms with van der Waals surface area (Å²) in [6.45, 7) is 6.00. The van der Waals surface area contributed by atoms with E-state index in [4.69, 9.17) is 4.74 Å². The fourth-order valence-electron chi connectivity index (χ4n) is 2.43. The van der Waals surface area contributed by atoms with Crippen molar-refractivity contribution in [3.63, 3.8) is 0 Å². The number of para-hydroxylation sites is 1. The highest BCUT2D eigenvalue weighted by molar-refractivity contribution is 5.61. The Hall–Kier alpha value is -1.77. The van der Waals surface area contributed by atoms with Gasteiger partial charge in [0.05, 0.1) is 13.2 Å². The summed E-state index contributed by atoms with van der Waals surface area (Å²) in [7, 11) is 0. The molecular weight excluding hydrogens is 248 g/mol. The number of nitrogens with one attached hydrogen (secondary N) is 1. The summed E-state index contributed by atoms with van der Waals surface area (Å²) in [5, 5.41) is 0. The van der Waals surface area contributed by atoms with Crippen molar-refractivity contribution in [3.8, 4) is 17.1 Å². The van der Waals surface area contributed by atoms with Crippen LogP contribution in [0, 0.1) is 0 Å². The third-order valence-corrected chi connectivity index (χ3v) is 3.46. The van der Waals surface area contributed by atoms with Crippen molar-refractivity contribution in [1.29, 1.82) is 0 Å². The Bertz CT molecular complexity index is 519. The highest BCUT2D eigenvalue weighted by Crippen LogP contribution is 2.26. The monoisotopic (exact) mass is 273 g/mol. The van der Waals surface area contributed by atoms with Crippen LogP contribution in [0.1, 0.15) is 39.5 Å². The first-order chi connectivity index (χ1) is 9.86. The molecule has 108 valence electrons. The minimum absolute atomic E-state index is 0.689. The van der Waals surface area contributed by atoms with E-state index in [9.17, 15) is 0 Å². The van der Waals surface area contributed by atoms with Gasteiger partial charge in [0, 0.05) is 0 Å². The second kappa shape index (κ2) is 7.73. The molecular formula is C17H25N2O+. The van der Waals surface area contributed by atoms with E-state index in [1.807, 2.05) is 25.3 Å². The topological polar surface area (TPSA) is 28.9 Å². The predicted molar refractivity (Wildman–Crippen MR) is 81.7 cm³/mol. The van der Waals surface area contributed by atoms with Gasteiger partial charge in [-0.05, 0) is 31.9 Å². The van der Waals surface area contributed by atoms with Crippen LogP contribution < -0.4 is 9.30 Å². The Morgan fingerprint density at radius 1 is 1.10 bits per heavy atom. The lowest BCUT2D eigenvalue weighted by molar-refractivity contribution is -0.685. The maximum atomic E-state index is 5.73. The molecule has 1 heterocycles. The van der Waals surface area contributed by atoms with E-state index < -0.39 is 0 Å². The molecule has 2 rings (SSSR count). The molecule has 0 saturated heterocycles. The molecule has 0 atom stereocenters. The number of aryl methyl sites for hydroxylation is 1. The van der Waals surface area contributed by atoms with Crippen LogP contribution in [0.2, 0.25) is 0 Å². The molecule has 1 N–H and O–H groups in total. The van der Waals surface area contributed by atoms with Gasteiger partial charge in [0.2, 0.25) is 0 Å². The third kappa shape index (κ3) is 3.62. The molecule has 0 amide bonds. The smallest absolute Gasteiger partial charge is 0.290 e. The molecule has 1 aromatic carbocycles. The second-order valence-corrected chi connectivity index (χ2v) is 4.99. The van der Waals surface area contributed by atoms with Gasteiger partial charge in [0.1, 0.15) is 23.7 Å². The summed E-state index contributed by atoms with van der Waals surface area (Å²) < 4.78 is 8.01. The molecule has 0 aliphatic heterocycles. The van der Waals surface area contributed by atoms with Crippen molar-refractivity contribution in [2.24, 2.45) is 0 Å². The van der Waals surface area contributed by atoms with Gasteiger partial charge in [-0.2, -0.15) is 0 Å². The Morgan fingerprint density at radius 2 is 1.95 bits per heavy atom. The van der Waals surface area contributed by atoms with E-state index in [0.717, 1.165) is 23.7 Å². The second-order valence-electron chi connectivity index (χ2n) is 4.99. The van der Waals surface area contributed by atoms with Gasteiger partial charge in [-0.3, -0.25) is 0 Å². The number of aromatic nitrogens is 2. The lowest BCUT2D eigenvalue weighted by Crippen LogP contribution is -2.33. The molecule has 0 fully saturated rings. The zero-order valence-electron chi connectivity index (χ0n) is 12.6. The first kappa shape index (κ1) is 14.6. The van der Waals surface area contributed by atoms with Gasteiger partial charge in [0.15, 0.2) is 0 Å². The molecule has 0 bridgehead atoms. The Kier molecular flexibility index (Phi) is 5.66. The van der Waals surface area contributed by atoms with Crippen molar-refractivity contribution < 1.29 is 9.30 Å². The van der Waals surface area contributed by atoms with E-state index in [-0.39, 0.29) is 0 Å². The average Bonchev–Trinajstić information content (AvgIpc) is 2.93. The summed E-state index contributed by atoms with van der Waals surface area (Å²) in [5.41, 5.74) is 1.13. The number of aromatic amines is 1. The van der Waals surface area contributed by atoms with E-state index in [0.29, 0.717) is 6.61 Å². The number of unbranched alkanes of at least 4 members (excludes halogenated alkanes) is 3. The van der Waals surface area contributed by atoms with E-state index in [2.05, 4.69) is 34.8 Å². The van der Waals surface area contributed by atoms with Crippen LogP contribution in [0.15, 0.2) is 36.7 Å². The number of nitrogens with zero attached hydrogens (tertiary/aromatic N) is 1. The molecule has 3 heteroatoms. The molecule has 20 heavy (non-hydrogen) atoms. The van der Waals surface area contributed by atoms with Gasteiger partial charge < -0.3 is 4.74 Å². The van der Waals surface area contributed by atoms with E-state index in [1.54, 1.807) is 0 Å². The zero-order valence-corrected chi connectivity index (χ0v) is 12.6. The van der Waals surface area contributed by atoms with Crippen LogP contribution in [0.25, 0.3) is 11.4 Å². The summed E-state index contributed by atoms with van der Waals surface area (Å²) in [6, 6.07) is 8.21. The molecule has 0 aliphatic carbocycles. The third-order valence-electron chi connectivity index (χ3n) is 3.46. The number of rotatable bonds is 8. The standard InChI is InChI=1S/C17H24N2O/c1-3-5-6-9-13-19-14-12-18-17(19)15-10-7-8-11-16(15)20-4-2/h7-8,10-12,14H,3-6,9,13H2,1-2H3/p+1. The quantitative estimate of drug-likeness (QED) is 0.572. The fraction of sp³-hybridized carbons (Fsp3) is 0.471. The maximum Gasteiger partial charge on any atom is 0.290 e. The molecule has 0 radical (unpaired) electrons. The number of hydrogen-bond donors (Lipinski definition) is 1. The molecule has 3 nitrogen and oxygen atoms in total. The number of H-pyrrole nitrogens is 1. The van der Waals surface area contributed by atoms with Gasteiger partial charge in [-0.1, -0.05) is 31.9 Å². The van der Waals surface area contributed by atoms with Crippen LogP contribution in [-0.4, -0.2) is 11.6 Å². The summed E-state index contributed by atoms with van der Waals surface area (Å²) in [5.74, 6) is 2.07. The Morgan fingerprint density at radius 3 is 2.75 bits per heavy atom. The van der Waals surface area contributed by atoms with Crippen LogP contribution in [0.3, 0.4) is 0 Å². The minimum Gasteiger partial charge on any atom is -0.493 e. The summed E-state index contributed by atoms with van der Waals surface area (Å²) in [4.78, 5) is 3.34. The fourth-order valence-corrected chi connectivity index (χ4v) is 2.43. The molecule has 0 aliphatic rings. The SMILES string of the molecule is CCCCCC[n+]1cc[nH]c1-c1ccccc1OCC. The average molecular weight is 273 g/mol. The largest absolute Gasteiger partial charge is 0.493 e. The van der Waals surface area contributed by atoms with Gasteiger partial charge in [-0.15, -0.1) is 0 Å². The van der Waals surface area contributed by atoms with Crippen molar-refractivity contribution in [3.05, 3.63) is 36.7 Å². The Labute approximate surface area is 121 Å². The summed E-state index contributed by atoms with van der Waals surface area (Å²) in [6.07, 6.45) is 9.22. The molecule has 0 saturated carbocycles. The lowest BCUT2D eigenvalue weighted by Gasteiger charge is -2.07. The van der Waals surface area contributed by atoms with Crippen LogP contribution in [-0.2, 0) is 6.54 Å². The molecule has 2 aromatic rings. The molecule has 1 aromatic heterocycles. The summed E-state index contributed by atoms with van der Waals surface area (Å²) >= 11 is 0. The highest BCUT2D eigenvalue weighted by Gasteiger charge is 2.17. The van der Waals surface area contributed by atoms with Crippen LogP contribution in [0.4, 0.5) is 0 Å². The number of imidazole rings is 1. The van der Waals surface area contributed by atoms with Gasteiger partial charge in [-0.25, -0.2) is 9.55 Å². The molecule has 0 spiro atoms. The van der Waals surface area contributed by atoms with Gasteiger partial charge >= 0.3 is 0 Å². The number of hydrogen-bond acceptors (Lipinski definition) is 1. The maximum absolute atomic E-state index is 5.73. The minimum atomic E-state index is 0.689. The lowest BCUT2D eigenvalue weighted by atomic mass is 10.1. The highest BCUT2D eigenvalue weighted by atomic mass is 16.5. The van der Waals surface area contributed by atoms with E-state index in [1.165, 1.54) is 25.7 Å². The van der Waals surface area contributed by atoms with E-state index >= 15 is 0 Å². The number of ether oxygens (including phenoxy) is 1.